The molecule has 0 aromatic rings. The zero-order valence-electron chi connectivity index (χ0n) is 17.7. The largest absolute Gasteiger partial charge is 0.351 e. The van der Waals surface area contributed by atoms with Gasteiger partial charge in [0.1, 0.15) is 0 Å². The quantitative estimate of drug-likeness (QED) is 0.677. The molecule has 0 N–H and O–H groups in total. The molecule has 6 nitrogen and oxygen atoms in total. The molecule has 3 unspecified atom stereocenters. The first kappa shape index (κ1) is 19.7. The fourth-order valence-electron chi connectivity index (χ4n) is 6.54. The number of piperidine rings is 1. The van der Waals surface area contributed by atoms with Crippen molar-refractivity contribution in [2.24, 2.45) is 23.7 Å². The molecule has 0 aromatic carbocycles. The van der Waals surface area contributed by atoms with E-state index in [4.69, 9.17) is 24.0 Å². The Kier molecular flexibility index (Phi) is 5.26. The van der Waals surface area contributed by atoms with Crippen LogP contribution in [0.4, 0.5) is 0 Å². The van der Waals surface area contributed by atoms with E-state index < -0.39 is 17.7 Å². The third-order valence-electron chi connectivity index (χ3n) is 8.24. The van der Waals surface area contributed by atoms with Crippen molar-refractivity contribution in [3.05, 3.63) is 0 Å². The number of ether oxygens (including phenoxy) is 3. The van der Waals surface area contributed by atoms with Crippen LogP contribution in [0.15, 0.2) is 0 Å². The molecule has 5 aliphatic heterocycles. The Morgan fingerprint density at radius 2 is 1.82 bits per heavy atom. The summed E-state index contributed by atoms with van der Waals surface area (Å²) in [6, 6.07) is 0. The Morgan fingerprint density at radius 1 is 1.00 bits per heavy atom. The molecule has 6 heteroatoms. The highest BCUT2D eigenvalue weighted by molar-refractivity contribution is 5.09. The predicted molar refractivity (Wildman–Crippen MR) is 103 cm³/mol. The molecule has 5 heterocycles. The highest BCUT2D eigenvalue weighted by Crippen LogP contribution is 2.60. The van der Waals surface area contributed by atoms with Crippen LogP contribution < -0.4 is 0 Å². The van der Waals surface area contributed by atoms with Gasteiger partial charge >= 0.3 is 0 Å². The van der Waals surface area contributed by atoms with Crippen LogP contribution in [0.25, 0.3) is 0 Å². The van der Waals surface area contributed by atoms with E-state index in [0.29, 0.717) is 17.8 Å². The van der Waals surface area contributed by atoms with Gasteiger partial charge in [-0.15, -0.1) is 0 Å². The van der Waals surface area contributed by atoms with Crippen LogP contribution in [0.1, 0.15) is 65.7 Å². The summed E-state index contributed by atoms with van der Waals surface area (Å²) < 4.78 is 19.2. The van der Waals surface area contributed by atoms with Gasteiger partial charge in [0.05, 0.1) is 6.61 Å². The Hall–Kier alpha value is -0.240. The summed E-state index contributed by atoms with van der Waals surface area (Å²) in [5.41, 5.74) is -0.486. The zero-order valence-corrected chi connectivity index (χ0v) is 17.7. The molecular formula is C22H37NO5. The Balaban J connectivity index is 1.31. The van der Waals surface area contributed by atoms with Crippen molar-refractivity contribution in [2.75, 3.05) is 26.2 Å². The van der Waals surface area contributed by atoms with Gasteiger partial charge in [0, 0.05) is 24.8 Å². The zero-order chi connectivity index (χ0) is 19.4. The van der Waals surface area contributed by atoms with Gasteiger partial charge in [-0.2, -0.15) is 0 Å². The van der Waals surface area contributed by atoms with E-state index in [0.717, 1.165) is 32.4 Å². The molecule has 6 rings (SSSR count). The third kappa shape index (κ3) is 3.15. The van der Waals surface area contributed by atoms with Crippen LogP contribution in [0.3, 0.4) is 0 Å². The molecule has 1 saturated carbocycles. The minimum Gasteiger partial charge on any atom is -0.351 e. The standard InChI is InChI=1S/C22H37NO5/c1-15-7-8-18-16(2)19(24-14-13-23-11-5-4-6-12-23)25-20-22(18)17(15)9-10-21(3,26-20)27-28-22/h15-20H,4-14H2,1-3H3/t15-,16-,17?,18?,19+,20-,21?,22-/m1/s1. The summed E-state index contributed by atoms with van der Waals surface area (Å²) in [5, 5.41) is 0. The van der Waals surface area contributed by atoms with Crippen molar-refractivity contribution < 1.29 is 24.0 Å². The van der Waals surface area contributed by atoms with Crippen molar-refractivity contribution in [3.8, 4) is 0 Å². The van der Waals surface area contributed by atoms with Crippen molar-refractivity contribution in [2.45, 2.75) is 89.7 Å². The Morgan fingerprint density at radius 3 is 2.64 bits per heavy atom. The maximum Gasteiger partial charge on any atom is 0.201 e. The minimum atomic E-state index is -0.712. The average Bonchev–Trinajstić information content (AvgIpc) is 2.92. The van der Waals surface area contributed by atoms with Gasteiger partial charge in [0.25, 0.3) is 0 Å². The lowest BCUT2D eigenvalue weighted by atomic mass is 9.58. The van der Waals surface area contributed by atoms with Gasteiger partial charge in [0.15, 0.2) is 18.2 Å². The van der Waals surface area contributed by atoms with E-state index in [-0.39, 0.29) is 12.2 Å². The summed E-state index contributed by atoms with van der Waals surface area (Å²) >= 11 is 0. The summed E-state index contributed by atoms with van der Waals surface area (Å²) in [6.07, 6.45) is 7.63. The normalized spacial score (nSPS) is 51.5. The maximum atomic E-state index is 6.48. The highest BCUT2D eigenvalue weighted by atomic mass is 17.3. The van der Waals surface area contributed by atoms with E-state index >= 15 is 0 Å². The van der Waals surface area contributed by atoms with Gasteiger partial charge in [-0.25, -0.2) is 9.78 Å². The van der Waals surface area contributed by atoms with Crippen molar-refractivity contribution >= 4 is 0 Å². The van der Waals surface area contributed by atoms with Crippen LogP contribution in [0, 0.1) is 23.7 Å². The molecule has 1 aliphatic carbocycles. The van der Waals surface area contributed by atoms with Crippen LogP contribution in [-0.4, -0.2) is 55.1 Å². The highest BCUT2D eigenvalue weighted by Gasteiger charge is 2.69. The number of hydrogen-bond acceptors (Lipinski definition) is 6. The second-order valence-corrected chi connectivity index (χ2v) is 10.0. The number of hydrogen-bond donors (Lipinski definition) is 0. The van der Waals surface area contributed by atoms with Crippen molar-refractivity contribution in [1.29, 1.82) is 0 Å². The monoisotopic (exact) mass is 395 g/mol. The molecule has 160 valence electrons. The maximum absolute atomic E-state index is 6.48. The first-order valence-corrected chi connectivity index (χ1v) is 11.6. The van der Waals surface area contributed by atoms with E-state index in [1.54, 1.807) is 0 Å². The molecule has 6 fully saturated rings. The minimum absolute atomic E-state index is 0.231. The first-order valence-electron chi connectivity index (χ1n) is 11.6. The van der Waals surface area contributed by atoms with Gasteiger partial charge < -0.3 is 19.1 Å². The lowest BCUT2D eigenvalue weighted by Crippen LogP contribution is -2.70. The molecular weight excluding hydrogens is 358 g/mol. The predicted octanol–water partition coefficient (Wildman–Crippen LogP) is 3.70. The first-order chi connectivity index (χ1) is 13.5. The summed E-state index contributed by atoms with van der Waals surface area (Å²) in [6.45, 7) is 10.7. The average molecular weight is 396 g/mol. The van der Waals surface area contributed by atoms with Crippen molar-refractivity contribution in [1.82, 2.24) is 4.90 Å². The summed E-state index contributed by atoms with van der Waals surface area (Å²) in [7, 11) is 0. The molecule has 0 aromatic heterocycles. The van der Waals surface area contributed by atoms with Crippen molar-refractivity contribution in [3.63, 3.8) is 0 Å². The molecule has 8 atom stereocenters. The van der Waals surface area contributed by atoms with Gasteiger partial charge in [-0.1, -0.05) is 20.3 Å². The molecule has 5 saturated heterocycles. The molecule has 0 radical (unpaired) electrons. The van der Waals surface area contributed by atoms with Gasteiger partial charge in [0.2, 0.25) is 5.79 Å². The van der Waals surface area contributed by atoms with E-state index in [1.807, 2.05) is 6.92 Å². The summed E-state index contributed by atoms with van der Waals surface area (Å²) in [4.78, 5) is 14.6. The third-order valence-corrected chi connectivity index (χ3v) is 8.24. The number of likely N-dealkylation sites (tertiary alicyclic amines) is 1. The fraction of sp³-hybridized carbons (Fsp3) is 1.00. The number of fused-ring (bicyclic) bond motifs is 2. The van der Waals surface area contributed by atoms with E-state index in [1.165, 1.54) is 38.8 Å². The smallest absolute Gasteiger partial charge is 0.201 e. The number of rotatable bonds is 4. The second-order valence-electron chi connectivity index (χ2n) is 10.0. The van der Waals surface area contributed by atoms with Crippen LogP contribution >= 0.6 is 0 Å². The van der Waals surface area contributed by atoms with E-state index in [9.17, 15) is 0 Å². The SMILES string of the molecule is C[C@@H]1CCC2[C@@H](C)[C@@H](OCCN3CCCCC3)O[C@@H]3OC4(C)CCC1[C@@]23OO4. The Bertz CT molecular complexity index is 569. The Labute approximate surface area is 169 Å². The molecule has 6 aliphatic rings. The molecule has 0 amide bonds. The fourth-order valence-corrected chi connectivity index (χ4v) is 6.54. The van der Waals surface area contributed by atoms with Gasteiger partial charge in [-0.05, 0) is 64.0 Å². The van der Waals surface area contributed by atoms with Crippen LogP contribution in [-0.2, 0) is 24.0 Å². The van der Waals surface area contributed by atoms with E-state index in [2.05, 4.69) is 18.7 Å². The number of nitrogens with zero attached hydrogens (tertiary/aromatic N) is 1. The van der Waals surface area contributed by atoms with Crippen LogP contribution in [0.2, 0.25) is 0 Å². The summed E-state index contributed by atoms with van der Waals surface area (Å²) in [5.74, 6) is 0.907. The lowest BCUT2D eigenvalue weighted by molar-refractivity contribution is -0.577. The molecule has 2 bridgehead atoms. The molecule has 1 spiro atoms. The van der Waals surface area contributed by atoms with Crippen LogP contribution in [0.5, 0.6) is 0 Å². The lowest BCUT2D eigenvalue weighted by Gasteiger charge is -2.60. The van der Waals surface area contributed by atoms with Gasteiger partial charge in [-0.3, -0.25) is 0 Å². The second kappa shape index (κ2) is 7.47. The molecule has 28 heavy (non-hydrogen) atoms. The topological polar surface area (TPSA) is 49.4 Å².